The van der Waals surface area contributed by atoms with Crippen molar-refractivity contribution in [3.05, 3.63) is 35.6 Å². The monoisotopic (exact) mass is 318 g/mol. The van der Waals surface area contributed by atoms with Crippen LogP contribution < -0.4 is 10.6 Å². The summed E-state index contributed by atoms with van der Waals surface area (Å²) in [5.41, 5.74) is 1.16. The molecule has 0 aromatic rings. The lowest BCUT2D eigenvalue weighted by Gasteiger charge is -2.27. The van der Waals surface area contributed by atoms with E-state index in [2.05, 4.69) is 36.6 Å². The molecular weight excluding hydrogens is 292 g/mol. The molecule has 1 saturated heterocycles. The van der Waals surface area contributed by atoms with Crippen LogP contribution in [0.4, 0.5) is 0 Å². The van der Waals surface area contributed by atoms with Crippen molar-refractivity contribution in [1.82, 2.24) is 10.6 Å². The van der Waals surface area contributed by atoms with Crippen LogP contribution in [0.5, 0.6) is 0 Å². The van der Waals surface area contributed by atoms with Crippen molar-refractivity contribution in [3.63, 3.8) is 0 Å². The lowest BCUT2D eigenvalue weighted by molar-refractivity contribution is -0.125. The summed E-state index contributed by atoms with van der Waals surface area (Å²) >= 11 is 0. The van der Waals surface area contributed by atoms with Crippen LogP contribution in [0.15, 0.2) is 35.6 Å². The molecule has 3 unspecified atom stereocenters. The van der Waals surface area contributed by atoms with Crippen molar-refractivity contribution < 1.29 is 14.3 Å². The zero-order valence-corrected chi connectivity index (χ0v) is 14.1. The highest BCUT2D eigenvalue weighted by Crippen LogP contribution is 2.26. The van der Waals surface area contributed by atoms with Gasteiger partial charge >= 0.3 is 0 Å². The number of carbonyl (C=O) groups is 2. The maximum absolute atomic E-state index is 11.7. The molecule has 0 aromatic heterocycles. The summed E-state index contributed by atoms with van der Waals surface area (Å²) in [6.07, 6.45) is 12.0. The van der Waals surface area contributed by atoms with E-state index in [1.807, 2.05) is 12.2 Å². The lowest BCUT2D eigenvalue weighted by Crippen LogP contribution is -2.47. The molecule has 0 aromatic carbocycles. The number of amides is 2. The zero-order chi connectivity index (χ0) is 16.8. The van der Waals surface area contributed by atoms with Crippen LogP contribution in [0.3, 0.4) is 0 Å². The van der Waals surface area contributed by atoms with Gasteiger partial charge in [-0.3, -0.25) is 20.2 Å². The van der Waals surface area contributed by atoms with Gasteiger partial charge in [0.1, 0.15) is 6.04 Å². The number of allylic oxidation sites excluding steroid dienone is 3. The fraction of sp³-hybridized carbons (Fsp3) is 0.556. The molecule has 3 aliphatic rings. The van der Waals surface area contributed by atoms with Crippen molar-refractivity contribution in [2.24, 2.45) is 5.92 Å². The second-order valence-electron chi connectivity index (χ2n) is 6.02. The van der Waals surface area contributed by atoms with Gasteiger partial charge in [0.15, 0.2) is 0 Å². The summed E-state index contributed by atoms with van der Waals surface area (Å²) < 4.78 is 5.41. The van der Waals surface area contributed by atoms with Gasteiger partial charge in [0.05, 0.1) is 18.8 Å². The standard InChI is InChI=1S/C15H18N2O3.C3H8/c1-20-12-5-3-2-4-9(12)8-10-6-7-11-13(16-10)15(19)17-14(11)18;1-3-2/h2,4,6-7,10-11,13,16H,3,5,8H2,1H3,(H,17,18,19);3H2,1-2H3. The molecule has 126 valence electrons. The smallest absolute Gasteiger partial charge is 0.244 e. The molecule has 2 heterocycles. The Kier molecular flexibility index (Phi) is 6.16. The molecule has 3 atom stereocenters. The predicted molar refractivity (Wildman–Crippen MR) is 89.5 cm³/mol. The van der Waals surface area contributed by atoms with Crippen LogP contribution >= 0.6 is 0 Å². The maximum Gasteiger partial charge on any atom is 0.244 e. The number of carbonyl (C=O) groups excluding carboxylic acids is 2. The Labute approximate surface area is 137 Å². The third-order valence-corrected chi connectivity index (χ3v) is 4.04. The molecule has 5 heteroatoms. The molecule has 0 saturated carbocycles. The maximum atomic E-state index is 11.7. The van der Waals surface area contributed by atoms with Crippen molar-refractivity contribution in [2.75, 3.05) is 7.11 Å². The minimum absolute atomic E-state index is 0.0517. The highest BCUT2D eigenvalue weighted by atomic mass is 16.5. The van der Waals surface area contributed by atoms with E-state index in [1.165, 1.54) is 6.42 Å². The molecule has 2 amide bonds. The van der Waals surface area contributed by atoms with E-state index in [-0.39, 0.29) is 23.8 Å². The Morgan fingerprint density at radius 2 is 1.96 bits per heavy atom. The van der Waals surface area contributed by atoms with Crippen molar-refractivity contribution in [1.29, 1.82) is 0 Å². The number of imide groups is 1. The predicted octanol–water partition coefficient (Wildman–Crippen LogP) is 2.21. The fourth-order valence-electron chi connectivity index (χ4n) is 2.99. The highest BCUT2D eigenvalue weighted by molar-refractivity contribution is 6.08. The molecule has 0 radical (unpaired) electrons. The van der Waals surface area contributed by atoms with Gasteiger partial charge in [-0.2, -0.15) is 0 Å². The lowest BCUT2D eigenvalue weighted by atomic mass is 9.91. The quantitative estimate of drug-likeness (QED) is 0.618. The first kappa shape index (κ1) is 17.5. The average Bonchev–Trinajstić information content (AvgIpc) is 2.83. The summed E-state index contributed by atoms with van der Waals surface area (Å²) in [6.45, 7) is 4.25. The van der Waals surface area contributed by atoms with E-state index >= 15 is 0 Å². The third-order valence-electron chi connectivity index (χ3n) is 4.04. The number of hydrogen-bond donors (Lipinski definition) is 2. The summed E-state index contributed by atoms with van der Waals surface area (Å²) in [7, 11) is 1.69. The summed E-state index contributed by atoms with van der Waals surface area (Å²) in [6, 6.07) is -0.382. The summed E-state index contributed by atoms with van der Waals surface area (Å²) in [4.78, 5) is 23.2. The van der Waals surface area contributed by atoms with Crippen LogP contribution in [0.2, 0.25) is 0 Å². The van der Waals surface area contributed by atoms with E-state index < -0.39 is 6.04 Å². The summed E-state index contributed by atoms with van der Waals surface area (Å²) in [5, 5.41) is 5.60. The van der Waals surface area contributed by atoms with Crippen LogP contribution in [-0.4, -0.2) is 31.0 Å². The van der Waals surface area contributed by atoms with Gasteiger partial charge in [0.25, 0.3) is 0 Å². The molecule has 1 fully saturated rings. The molecule has 2 N–H and O–H groups in total. The van der Waals surface area contributed by atoms with Crippen LogP contribution in [0, 0.1) is 5.92 Å². The highest BCUT2D eigenvalue weighted by Gasteiger charge is 2.42. The SMILES string of the molecule is CCC.COC1=C(CC2C=CC3C(=O)NC(=O)C3N2)C=CCC1. The van der Waals surface area contributed by atoms with Gasteiger partial charge in [-0.05, 0) is 18.4 Å². The fourth-order valence-corrected chi connectivity index (χ4v) is 2.99. The molecule has 23 heavy (non-hydrogen) atoms. The molecule has 0 bridgehead atoms. The van der Waals surface area contributed by atoms with Gasteiger partial charge < -0.3 is 4.74 Å². The minimum Gasteiger partial charge on any atom is -0.501 e. The van der Waals surface area contributed by atoms with Crippen molar-refractivity contribution in [3.8, 4) is 0 Å². The van der Waals surface area contributed by atoms with Gasteiger partial charge in [-0.25, -0.2) is 0 Å². The van der Waals surface area contributed by atoms with E-state index in [9.17, 15) is 9.59 Å². The third kappa shape index (κ3) is 4.10. The van der Waals surface area contributed by atoms with Crippen LogP contribution in [0.1, 0.15) is 39.5 Å². The number of rotatable bonds is 3. The van der Waals surface area contributed by atoms with E-state index in [0.29, 0.717) is 0 Å². The molecular formula is C18H26N2O3. The molecule has 3 rings (SSSR count). The minimum atomic E-state index is -0.434. The van der Waals surface area contributed by atoms with Gasteiger partial charge in [0, 0.05) is 12.5 Å². The Bertz CT molecular complexity index is 548. The molecule has 2 aliphatic heterocycles. The van der Waals surface area contributed by atoms with Crippen molar-refractivity contribution in [2.45, 2.75) is 51.6 Å². The van der Waals surface area contributed by atoms with Gasteiger partial charge in [-0.1, -0.05) is 44.6 Å². The Hall–Kier alpha value is -1.88. The Morgan fingerprint density at radius 1 is 1.22 bits per heavy atom. The number of methoxy groups -OCH3 is 1. The Morgan fingerprint density at radius 3 is 2.65 bits per heavy atom. The van der Waals surface area contributed by atoms with Gasteiger partial charge in [0.2, 0.25) is 11.8 Å². The van der Waals surface area contributed by atoms with Crippen molar-refractivity contribution >= 4 is 11.8 Å². The number of ether oxygens (including phenoxy) is 1. The van der Waals surface area contributed by atoms with Crippen LogP contribution in [0.25, 0.3) is 0 Å². The van der Waals surface area contributed by atoms with Gasteiger partial charge in [-0.15, -0.1) is 0 Å². The first-order chi connectivity index (χ1) is 11.1. The molecule has 5 nitrogen and oxygen atoms in total. The summed E-state index contributed by atoms with van der Waals surface area (Å²) in [5.74, 6) is 0.208. The first-order valence-electron chi connectivity index (χ1n) is 8.32. The second kappa shape index (κ2) is 8.11. The van der Waals surface area contributed by atoms with E-state index in [0.717, 1.165) is 30.6 Å². The van der Waals surface area contributed by atoms with Crippen LogP contribution in [-0.2, 0) is 14.3 Å². The zero-order valence-electron chi connectivity index (χ0n) is 14.1. The van der Waals surface area contributed by atoms with E-state index in [1.54, 1.807) is 7.11 Å². The average molecular weight is 318 g/mol. The van der Waals surface area contributed by atoms with E-state index in [4.69, 9.17) is 4.74 Å². The number of hydrogen-bond acceptors (Lipinski definition) is 4. The number of nitrogens with one attached hydrogen (secondary N) is 2. The number of fused-ring (bicyclic) bond motifs is 1. The topological polar surface area (TPSA) is 67.4 Å². The second-order valence-corrected chi connectivity index (χ2v) is 6.02. The molecule has 0 spiro atoms. The molecule has 1 aliphatic carbocycles. The largest absolute Gasteiger partial charge is 0.501 e. The normalized spacial score (nSPS) is 28.9. The Balaban J connectivity index is 0.000000595. The first-order valence-corrected chi connectivity index (χ1v) is 8.32.